The molecule has 0 fully saturated rings. The van der Waals surface area contributed by atoms with Gasteiger partial charge in [0.25, 0.3) is 0 Å². The Bertz CT molecular complexity index is 380. The van der Waals surface area contributed by atoms with E-state index >= 15 is 0 Å². The summed E-state index contributed by atoms with van der Waals surface area (Å²) >= 11 is 0. The van der Waals surface area contributed by atoms with E-state index in [0.717, 1.165) is 12.0 Å². The number of carboxylic acid groups (broad SMARTS) is 1. The summed E-state index contributed by atoms with van der Waals surface area (Å²) in [7, 11) is 0. The van der Waals surface area contributed by atoms with Crippen molar-refractivity contribution in [2.24, 2.45) is 0 Å². The Morgan fingerprint density at radius 2 is 2.20 bits per heavy atom. The summed E-state index contributed by atoms with van der Waals surface area (Å²) in [5.41, 5.74) is 1.36. The van der Waals surface area contributed by atoms with Crippen LogP contribution in [0, 0.1) is 0 Å². The first-order valence-electron chi connectivity index (χ1n) is 4.77. The lowest BCUT2D eigenvalue weighted by atomic mass is 10.1. The highest BCUT2D eigenvalue weighted by molar-refractivity contribution is 5.85. The van der Waals surface area contributed by atoms with E-state index in [2.05, 4.69) is 0 Å². The van der Waals surface area contributed by atoms with Crippen molar-refractivity contribution < 1.29 is 15.0 Å². The minimum atomic E-state index is -0.883. The molecular weight excluding hydrogens is 192 g/mol. The number of carbonyl (C=O) groups is 1. The van der Waals surface area contributed by atoms with Crippen LogP contribution in [-0.4, -0.2) is 16.2 Å². The highest BCUT2D eigenvalue weighted by atomic mass is 16.4. The van der Waals surface area contributed by atoms with Gasteiger partial charge in [-0.3, -0.25) is 0 Å². The van der Waals surface area contributed by atoms with Crippen LogP contribution >= 0.6 is 0 Å². The smallest absolute Gasteiger partial charge is 0.330 e. The maximum absolute atomic E-state index is 10.5. The molecule has 0 aliphatic carbocycles. The average molecular weight is 206 g/mol. The zero-order valence-corrected chi connectivity index (χ0v) is 8.60. The van der Waals surface area contributed by atoms with Crippen LogP contribution < -0.4 is 0 Å². The largest absolute Gasteiger partial charge is 0.508 e. The number of carboxylic acids is 1. The summed E-state index contributed by atoms with van der Waals surface area (Å²) in [6.45, 7) is 1.57. The van der Waals surface area contributed by atoms with E-state index in [1.54, 1.807) is 31.2 Å². The van der Waals surface area contributed by atoms with Gasteiger partial charge in [-0.05, 0) is 37.5 Å². The molecule has 0 aliphatic rings. The number of allylic oxidation sites excluding steroid dienone is 1. The fraction of sp³-hybridized carbons (Fsp3) is 0.250. The third-order valence-corrected chi connectivity index (χ3v) is 2.13. The Kier molecular flexibility index (Phi) is 3.92. The van der Waals surface area contributed by atoms with Crippen LogP contribution in [0.5, 0.6) is 5.75 Å². The van der Waals surface area contributed by atoms with Crippen molar-refractivity contribution in [1.29, 1.82) is 0 Å². The van der Waals surface area contributed by atoms with Gasteiger partial charge >= 0.3 is 5.97 Å². The van der Waals surface area contributed by atoms with E-state index in [4.69, 9.17) is 5.11 Å². The number of phenols is 1. The van der Waals surface area contributed by atoms with Crippen molar-refractivity contribution >= 4 is 5.97 Å². The van der Waals surface area contributed by atoms with Crippen molar-refractivity contribution in [3.63, 3.8) is 0 Å². The van der Waals surface area contributed by atoms with Crippen molar-refractivity contribution in [2.75, 3.05) is 0 Å². The van der Waals surface area contributed by atoms with E-state index in [-0.39, 0.29) is 5.75 Å². The lowest BCUT2D eigenvalue weighted by Crippen LogP contribution is -1.96. The summed E-state index contributed by atoms with van der Waals surface area (Å²) < 4.78 is 0. The van der Waals surface area contributed by atoms with Crippen LogP contribution in [0.2, 0.25) is 0 Å². The van der Waals surface area contributed by atoms with Crippen molar-refractivity contribution in [3.05, 3.63) is 41.5 Å². The first-order chi connectivity index (χ1) is 7.09. The summed E-state index contributed by atoms with van der Waals surface area (Å²) in [4.78, 5) is 10.5. The minimum absolute atomic E-state index is 0.242. The molecular formula is C12H14O3. The molecule has 0 amide bonds. The molecule has 0 saturated carbocycles. The van der Waals surface area contributed by atoms with Crippen molar-refractivity contribution in [1.82, 2.24) is 0 Å². The van der Waals surface area contributed by atoms with Gasteiger partial charge in [0.05, 0.1) is 0 Å². The molecule has 0 spiro atoms. The normalized spacial score (nSPS) is 11.4. The van der Waals surface area contributed by atoms with Gasteiger partial charge in [0, 0.05) is 5.57 Å². The van der Waals surface area contributed by atoms with Crippen LogP contribution in [0.4, 0.5) is 0 Å². The third kappa shape index (κ3) is 3.85. The molecule has 15 heavy (non-hydrogen) atoms. The second-order valence-corrected chi connectivity index (χ2v) is 3.40. The Labute approximate surface area is 88.7 Å². The van der Waals surface area contributed by atoms with E-state index in [1.807, 2.05) is 6.07 Å². The second-order valence-electron chi connectivity index (χ2n) is 3.40. The van der Waals surface area contributed by atoms with E-state index < -0.39 is 5.97 Å². The molecule has 0 heterocycles. The standard InChI is InChI=1S/C12H14O3/c1-9(12(14)15)4-2-5-10-6-3-7-11(13)8-10/h3-4,6-8,13H,2,5H2,1H3,(H,14,15)/b9-4+. The van der Waals surface area contributed by atoms with E-state index in [1.165, 1.54) is 0 Å². The summed E-state index contributed by atoms with van der Waals surface area (Å²) in [6.07, 6.45) is 3.09. The molecule has 2 N–H and O–H groups in total. The quantitative estimate of drug-likeness (QED) is 0.743. The molecule has 1 rings (SSSR count). The van der Waals surface area contributed by atoms with Gasteiger partial charge in [-0.1, -0.05) is 18.2 Å². The van der Waals surface area contributed by atoms with Crippen LogP contribution in [0.3, 0.4) is 0 Å². The summed E-state index contributed by atoms with van der Waals surface area (Å²) in [5, 5.41) is 17.8. The maximum atomic E-state index is 10.5. The van der Waals surface area contributed by atoms with Gasteiger partial charge in [0.15, 0.2) is 0 Å². The fourth-order valence-electron chi connectivity index (χ4n) is 1.25. The molecule has 1 aromatic carbocycles. The number of aryl methyl sites for hydroxylation is 1. The zero-order chi connectivity index (χ0) is 11.3. The van der Waals surface area contributed by atoms with Crippen LogP contribution in [0.25, 0.3) is 0 Å². The lowest BCUT2D eigenvalue weighted by Gasteiger charge is -1.99. The van der Waals surface area contributed by atoms with Crippen LogP contribution in [-0.2, 0) is 11.2 Å². The molecule has 3 nitrogen and oxygen atoms in total. The number of benzene rings is 1. The number of aliphatic carboxylic acids is 1. The summed E-state index contributed by atoms with van der Waals surface area (Å²) in [5.74, 6) is -0.641. The molecule has 0 aromatic heterocycles. The van der Waals surface area contributed by atoms with Crippen molar-refractivity contribution in [2.45, 2.75) is 19.8 Å². The molecule has 80 valence electrons. The number of hydrogen-bond donors (Lipinski definition) is 2. The van der Waals surface area contributed by atoms with Gasteiger partial charge in [0.2, 0.25) is 0 Å². The minimum Gasteiger partial charge on any atom is -0.508 e. The number of hydrogen-bond acceptors (Lipinski definition) is 2. The van der Waals surface area contributed by atoms with E-state index in [9.17, 15) is 9.90 Å². The molecule has 3 heteroatoms. The number of aromatic hydroxyl groups is 1. The Hall–Kier alpha value is -1.77. The highest BCUT2D eigenvalue weighted by Crippen LogP contribution is 2.12. The third-order valence-electron chi connectivity index (χ3n) is 2.13. The predicted molar refractivity (Wildman–Crippen MR) is 57.8 cm³/mol. The predicted octanol–water partition coefficient (Wildman–Crippen LogP) is 2.36. The highest BCUT2D eigenvalue weighted by Gasteiger charge is 1.98. The molecule has 0 unspecified atom stereocenters. The molecule has 0 bridgehead atoms. The van der Waals surface area contributed by atoms with Gasteiger partial charge in [-0.25, -0.2) is 4.79 Å². The lowest BCUT2D eigenvalue weighted by molar-refractivity contribution is -0.132. The molecule has 0 radical (unpaired) electrons. The zero-order valence-electron chi connectivity index (χ0n) is 8.60. The van der Waals surface area contributed by atoms with Crippen LogP contribution in [0.1, 0.15) is 18.9 Å². The first kappa shape index (κ1) is 11.3. The van der Waals surface area contributed by atoms with Gasteiger partial charge in [-0.15, -0.1) is 0 Å². The summed E-state index contributed by atoms with van der Waals surface area (Å²) in [6, 6.07) is 6.98. The Morgan fingerprint density at radius 1 is 1.47 bits per heavy atom. The molecule has 0 atom stereocenters. The first-order valence-corrected chi connectivity index (χ1v) is 4.77. The van der Waals surface area contributed by atoms with Gasteiger partial charge < -0.3 is 10.2 Å². The molecule has 0 saturated heterocycles. The number of phenolic OH excluding ortho intramolecular Hbond substituents is 1. The Balaban J connectivity index is 2.51. The molecule has 1 aromatic rings. The Morgan fingerprint density at radius 3 is 2.80 bits per heavy atom. The average Bonchev–Trinajstić information content (AvgIpc) is 2.17. The van der Waals surface area contributed by atoms with Crippen molar-refractivity contribution in [3.8, 4) is 5.75 Å². The fourth-order valence-corrected chi connectivity index (χ4v) is 1.25. The van der Waals surface area contributed by atoms with E-state index in [0.29, 0.717) is 12.0 Å². The maximum Gasteiger partial charge on any atom is 0.330 e. The topological polar surface area (TPSA) is 57.5 Å². The SMILES string of the molecule is C/C(=C\CCc1cccc(O)c1)C(=O)O. The monoisotopic (exact) mass is 206 g/mol. The van der Waals surface area contributed by atoms with Crippen LogP contribution in [0.15, 0.2) is 35.9 Å². The van der Waals surface area contributed by atoms with Gasteiger partial charge in [0.1, 0.15) is 5.75 Å². The van der Waals surface area contributed by atoms with Gasteiger partial charge in [-0.2, -0.15) is 0 Å². The number of rotatable bonds is 4. The second kappa shape index (κ2) is 5.20. The molecule has 0 aliphatic heterocycles.